The average molecular weight is 423 g/mol. The van der Waals surface area contributed by atoms with Crippen molar-refractivity contribution in [2.24, 2.45) is 5.73 Å². The number of aliphatic carboxylic acids is 1. The van der Waals surface area contributed by atoms with Crippen LogP contribution in [0.1, 0.15) is 18.5 Å². The van der Waals surface area contributed by atoms with Gasteiger partial charge in [-0.05, 0) is 5.56 Å². The molecule has 3 rings (SSSR count). The van der Waals surface area contributed by atoms with Crippen molar-refractivity contribution in [3.63, 3.8) is 0 Å². The van der Waals surface area contributed by atoms with Gasteiger partial charge >= 0.3 is 11.9 Å². The molecule has 29 heavy (non-hydrogen) atoms. The Morgan fingerprint density at radius 2 is 2.00 bits per heavy atom. The fraction of sp³-hybridized carbons (Fsp3) is 0.333. The van der Waals surface area contributed by atoms with Gasteiger partial charge in [0.25, 0.3) is 5.91 Å². The van der Waals surface area contributed by atoms with Crippen molar-refractivity contribution < 1.29 is 34.5 Å². The Morgan fingerprint density at radius 3 is 2.59 bits per heavy atom. The van der Waals surface area contributed by atoms with E-state index in [9.17, 15) is 24.3 Å². The van der Waals surface area contributed by atoms with Crippen LogP contribution in [-0.4, -0.2) is 63.0 Å². The Kier molecular flexibility index (Phi) is 7.01. The van der Waals surface area contributed by atoms with Crippen molar-refractivity contribution in [1.29, 1.82) is 0 Å². The van der Waals surface area contributed by atoms with Crippen molar-refractivity contribution in [2.45, 2.75) is 24.4 Å². The Hall–Kier alpha value is -2.89. The topological polar surface area (TPSA) is 171 Å². The predicted octanol–water partition coefficient (Wildman–Crippen LogP) is -0.837. The van der Waals surface area contributed by atoms with Gasteiger partial charge in [-0.15, -0.1) is 11.8 Å². The number of carboxylic acid groups (broad SMARTS) is 1. The number of amides is 2. The Labute approximate surface area is 170 Å². The molecule has 1 saturated heterocycles. The summed E-state index contributed by atoms with van der Waals surface area (Å²) in [6, 6.07) is 6.92. The molecule has 1 unspecified atom stereocenters. The summed E-state index contributed by atoms with van der Waals surface area (Å²) in [6.45, 7) is 1.02. The van der Waals surface area contributed by atoms with Crippen molar-refractivity contribution in [3.8, 4) is 0 Å². The van der Waals surface area contributed by atoms with Crippen molar-refractivity contribution >= 4 is 35.5 Å². The molecule has 10 nitrogen and oxygen atoms in total. The molecule has 1 aromatic carbocycles. The second-order valence-electron chi connectivity index (χ2n) is 6.32. The first kappa shape index (κ1) is 22.4. The van der Waals surface area contributed by atoms with Crippen LogP contribution in [0.4, 0.5) is 0 Å². The summed E-state index contributed by atoms with van der Waals surface area (Å²) < 4.78 is 4.88. The smallest absolute Gasteiger partial charge is 0.352 e. The molecule has 1 aromatic rings. The van der Waals surface area contributed by atoms with Crippen LogP contribution < -0.4 is 11.1 Å². The number of esters is 1. The molecule has 6 N–H and O–H groups in total. The number of β-lactam (4-membered cyclic amide) rings is 1. The number of thioether (sulfide) groups is 1. The minimum atomic E-state index is -1.29. The molecule has 2 aliphatic rings. The minimum Gasteiger partial charge on any atom is -0.477 e. The monoisotopic (exact) mass is 423 g/mol. The number of carbonyl (C=O) groups is 4. The normalized spacial score (nSPS) is 21.3. The zero-order valence-electron chi connectivity index (χ0n) is 15.5. The van der Waals surface area contributed by atoms with Gasteiger partial charge in [0.05, 0.1) is 0 Å². The number of nitrogens with one attached hydrogen (secondary N) is 1. The van der Waals surface area contributed by atoms with E-state index in [-0.39, 0.29) is 23.5 Å². The summed E-state index contributed by atoms with van der Waals surface area (Å²) in [7, 11) is 0. The van der Waals surface area contributed by atoms with Gasteiger partial charge < -0.3 is 26.4 Å². The van der Waals surface area contributed by atoms with Gasteiger partial charge in [0.2, 0.25) is 5.91 Å². The van der Waals surface area contributed by atoms with Crippen LogP contribution in [0, 0.1) is 0 Å². The van der Waals surface area contributed by atoms with Crippen LogP contribution in [0.3, 0.4) is 0 Å². The van der Waals surface area contributed by atoms with Gasteiger partial charge in [-0.25, -0.2) is 4.79 Å². The molecule has 0 saturated carbocycles. The van der Waals surface area contributed by atoms with Gasteiger partial charge in [-0.2, -0.15) is 0 Å². The van der Waals surface area contributed by atoms with Crippen LogP contribution in [0.15, 0.2) is 41.6 Å². The molecule has 2 aliphatic heterocycles. The lowest BCUT2D eigenvalue weighted by molar-refractivity contribution is -0.151. The summed E-state index contributed by atoms with van der Waals surface area (Å²) in [5.74, 6) is -2.62. The molecule has 0 spiro atoms. The number of nitrogens with two attached hydrogens (primary N) is 1. The summed E-state index contributed by atoms with van der Waals surface area (Å²) in [4.78, 5) is 48.7. The van der Waals surface area contributed by atoms with E-state index in [1.807, 2.05) is 0 Å². The third-order valence-electron chi connectivity index (χ3n) is 4.44. The lowest BCUT2D eigenvalue weighted by Crippen LogP contribution is -2.71. The second kappa shape index (κ2) is 9.07. The number of hydrogen-bond donors (Lipinski definition) is 3. The highest BCUT2D eigenvalue weighted by atomic mass is 32.2. The molecule has 156 valence electrons. The van der Waals surface area contributed by atoms with Crippen molar-refractivity contribution in [3.05, 3.63) is 47.2 Å². The maximum Gasteiger partial charge on any atom is 0.352 e. The molecule has 0 aliphatic carbocycles. The molecule has 0 radical (unpaired) electrons. The number of carboxylic acids is 1. The number of benzene rings is 1. The van der Waals surface area contributed by atoms with Gasteiger partial charge in [0, 0.05) is 18.2 Å². The van der Waals surface area contributed by atoms with Crippen molar-refractivity contribution in [1.82, 2.24) is 10.2 Å². The molecular weight excluding hydrogens is 402 g/mol. The lowest BCUT2D eigenvalue weighted by atomic mass is 10.0. The number of nitrogens with zero attached hydrogens (tertiary/aromatic N) is 1. The first-order valence-corrected chi connectivity index (χ1v) is 9.50. The number of fused-ring (bicyclic) bond motifs is 1. The van der Waals surface area contributed by atoms with E-state index in [2.05, 4.69) is 5.32 Å². The van der Waals surface area contributed by atoms with Gasteiger partial charge in [0.15, 0.2) is 0 Å². The van der Waals surface area contributed by atoms with Gasteiger partial charge in [-0.1, -0.05) is 30.3 Å². The van der Waals surface area contributed by atoms with Crippen molar-refractivity contribution in [2.75, 3.05) is 12.4 Å². The number of rotatable bonds is 6. The summed E-state index contributed by atoms with van der Waals surface area (Å²) in [6.07, 6.45) is 0. The molecule has 0 bridgehead atoms. The zero-order chi connectivity index (χ0) is 20.4. The SMILES string of the molecule is CC(=O)OCC1=C(C(=O)O)N2C(=O)[C@@H](NC(=O)C(N)c3ccccc3)[C@H]2SC1.O. The quantitative estimate of drug-likeness (QED) is 0.393. The lowest BCUT2D eigenvalue weighted by Gasteiger charge is -2.49. The maximum atomic E-state index is 12.5. The third kappa shape index (κ3) is 4.42. The zero-order valence-corrected chi connectivity index (χ0v) is 16.3. The van der Waals surface area contributed by atoms with Crippen LogP contribution >= 0.6 is 11.8 Å². The highest BCUT2D eigenvalue weighted by molar-refractivity contribution is 8.00. The average Bonchev–Trinajstić information content (AvgIpc) is 2.69. The molecule has 0 aromatic heterocycles. The Balaban J connectivity index is 0.00000300. The van der Waals surface area contributed by atoms with E-state index < -0.39 is 41.2 Å². The van der Waals surface area contributed by atoms with E-state index in [0.29, 0.717) is 11.1 Å². The number of hydrogen-bond acceptors (Lipinski definition) is 7. The molecule has 11 heteroatoms. The fourth-order valence-electron chi connectivity index (χ4n) is 3.04. The van der Waals surface area contributed by atoms with Crippen LogP contribution in [0.2, 0.25) is 0 Å². The summed E-state index contributed by atoms with van der Waals surface area (Å²) in [5, 5.41) is 11.6. The highest BCUT2D eigenvalue weighted by Crippen LogP contribution is 2.40. The molecular formula is C18H21N3O7S. The fourth-order valence-corrected chi connectivity index (χ4v) is 4.37. The summed E-state index contributed by atoms with van der Waals surface area (Å²) in [5.41, 5.74) is 6.69. The second-order valence-corrected chi connectivity index (χ2v) is 7.43. The van der Waals surface area contributed by atoms with E-state index >= 15 is 0 Å². The molecule has 2 amide bonds. The first-order chi connectivity index (χ1) is 13.3. The highest BCUT2D eigenvalue weighted by Gasteiger charge is 2.54. The standard InChI is InChI=1S/C18H19N3O6S.H2O/c1-9(22)27-7-11-8-28-17-13(16(24)21(17)14(11)18(25)26)20-15(23)12(19)10-5-3-2-4-6-10;/h2-6,12-13,17H,7-8,19H2,1H3,(H,20,23)(H,25,26);1H2/t12?,13-,17-;/m1./s1. The Bertz CT molecular complexity index is 858. The first-order valence-electron chi connectivity index (χ1n) is 8.45. The minimum absolute atomic E-state index is 0. The van der Waals surface area contributed by atoms with E-state index in [1.165, 1.54) is 18.7 Å². The van der Waals surface area contributed by atoms with E-state index in [1.54, 1.807) is 30.3 Å². The van der Waals surface area contributed by atoms with Gasteiger partial charge in [0.1, 0.15) is 29.8 Å². The summed E-state index contributed by atoms with van der Waals surface area (Å²) >= 11 is 1.29. The molecule has 1 fully saturated rings. The maximum absolute atomic E-state index is 12.5. The third-order valence-corrected chi connectivity index (χ3v) is 5.78. The van der Waals surface area contributed by atoms with Crippen LogP contribution in [0.5, 0.6) is 0 Å². The van der Waals surface area contributed by atoms with E-state index in [0.717, 1.165) is 4.90 Å². The Morgan fingerprint density at radius 1 is 1.34 bits per heavy atom. The number of carbonyl (C=O) groups excluding carboxylic acids is 3. The molecule has 3 atom stereocenters. The van der Waals surface area contributed by atoms with Crippen LogP contribution in [-0.2, 0) is 23.9 Å². The van der Waals surface area contributed by atoms with Gasteiger partial charge in [-0.3, -0.25) is 19.3 Å². The van der Waals surface area contributed by atoms with E-state index in [4.69, 9.17) is 10.5 Å². The molecule has 2 heterocycles. The largest absolute Gasteiger partial charge is 0.477 e. The predicted molar refractivity (Wildman–Crippen MR) is 103 cm³/mol. The number of ether oxygens (including phenoxy) is 1. The van der Waals surface area contributed by atoms with Crippen LogP contribution in [0.25, 0.3) is 0 Å².